The van der Waals surface area contributed by atoms with Crippen LogP contribution < -0.4 is 5.32 Å². The van der Waals surface area contributed by atoms with Crippen LogP contribution in [0.25, 0.3) is 21.8 Å². The summed E-state index contributed by atoms with van der Waals surface area (Å²) in [6.07, 6.45) is -0.403. The molecule has 7 nitrogen and oxygen atoms in total. The lowest BCUT2D eigenvalue weighted by Crippen LogP contribution is -2.50. The Balaban J connectivity index is 1.72. The highest BCUT2D eigenvalue weighted by molar-refractivity contribution is 9.10. The number of halogens is 1. The van der Waals surface area contributed by atoms with Crippen molar-refractivity contribution in [2.24, 2.45) is 11.8 Å². The van der Waals surface area contributed by atoms with Gasteiger partial charge in [0.2, 0.25) is 5.91 Å². The van der Waals surface area contributed by atoms with Crippen molar-refractivity contribution >= 4 is 49.7 Å². The zero-order valence-electron chi connectivity index (χ0n) is 17.1. The molecule has 0 unspecified atom stereocenters. The highest BCUT2D eigenvalue weighted by atomic mass is 79.9. The van der Waals surface area contributed by atoms with E-state index in [9.17, 15) is 14.7 Å². The number of carbonyl (C=O) groups is 2. The van der Waals surface area contributed by atoms with Gasteiger partial charge in [0.1, 0.15) is 11.9 Å². The SMILES string of the molecule is CC(C)[C@H](NC(=O)O)C(=O)N1C[C@@H](C)C[C@H]1c1nc2c(ccc3cc(Br)ccc32)[nH]1. The van der Waals surface area contributed by atoms with Crippen LogP contribution in [0, 0.1) is 11.8 Å². The number of aromatic amines is 1. The second-order valence-corrected chi connectivity index (χ2v) is 9.38. The van der Waals surface area contributed by atoms with Crippen molar-refractivity contribution < 1.29 is 14.7 Å². The minimum atomic E-state index is -1.19. The highest BCUT2D eigenvalue weighted by Gasteiger charge is 2.40. The minimum absolute atomic E-state index is 0.150. The number of amides is 2. The van der Waals surface area contributed by atoms with Crippen molar-refractivity contribution in [3.8, 4) is 0 Å². The topological polar surface area (TPSA) is 98.3 Å². The van der Waals surface area contributed by atoms with E-state index in [4.69, 9.17) is 4.98 Å². The van der Waals surface area contributed by atoms with Crippen LogP contribution in [0.2, 0.25) is 0 Å². The number of rotatable bonds is 4. The van der Waals surface area contributed by atoms with Gasteiger partial charge in [-0.25, -0.2) is 9.78 Å². The molecular formula is C22H25BrN4O3. The molecule has 1 aromatic heterocycles. The Morgan fingerprint density at radius 3 is 2.77 bits per heavy atom. The lowest BCUT2D eigenvalue weighted by atomic mass is 10.0. The number of benzene rings is 2. The van der Waals surface area contributed by atoms with E-state index in [0.717, 1.165) is 38.5 Å². The Kier molecular flexibility index (Phi) is 5.44. The van der Waals surface area contributed by atoms with E-state index in [-0.39, 0.29) is 17.9 Å². The molecule has 3 atom stereocenters. The Labute approximate surface area is 183 Å². The number of hydrogen-bond donors (Lipinski definition) is 3. The van der Waals surface area contributed by atoms with Crippen molar-refractivity contribution in [3.05, 3.63) is 40.6 Å². The molecule has 0 radical (unpaired) electrons. The molecule has 8 heteroatoms. The van der Waals surface area contributed by atoms with Crippen LogP contribution >= 0.6 is 15.9 Å². The number of carbonyl (C=O) groups excluding carboxylic acids is 1. The molecule has 1 fully saturated rings. The average molecular weight is 473 g/mol. The lowest BCUT2D eigenvalue weighted by molar-refractivity contribution is -0.135. The first-order chi connectivity index (χ1) is 14.2. The van der Waals surface area contributed by atoms with Crippen LogP contribution in [-0.2, 0) is 4.79 Å². The fourth-order valence-corrected chi connectivity index (χ4v) is 4.70. The van der Waals surface area contributed by atoms with Gasteiger partial charge in [0.05, 0.1) is 17.1 Å². The van der Waals surface area contributed by atoms with Gasteiger partial charge in [-0.05, 0) is 41.8 Å². The average Bonchev–Trinajstić information content (AvgIpc) is 3.28. The van der Waals surface area contributed by atoms with Gasteiger partial charge >= 0.3 is 6.09 Å². The molecule has 2 amide bonds. The van der Waals surface area contributed by atoms with E-state index >= 15 is 0 Å². The lowest BCUT2D eigenvalue weighted by Gasteiger charge is -2.29. The van der Waals surface area contributed by atoms with E-state index < -0.39 is 12.1 Å². The van der Waals surface area contributed by atoms with E-state index in [1.54, 1.807) is 4.90 Å². The molecule has 2 aromatic carbocycles. The van der Waals surface area contributed by atoms with Gasteiger partial charge in [-0.1, -0.05) is 48.8 Å². The Hall–Kier alpha value is -2.61. The zero-order chi connectivity index (χ0) is 21.6. The van der Waals surface area contributed by atoms with E-state index in [2.05, 4.69) is 45.3 Å². The maximum absolute atomic E-state index is 13.3. The molecular weight excluding hydrogens is 448 g/mol. The van der Waals surface area contributed by atoms with Crippen LogP contribution in [0.3, 0.4) is 0 Å². The van der Waals surface area contributed by atoms with E-state index in [1.165, 1.54) is 0 Å². The fourth-order valence-electron chi connectivity index (χ4n) is 4.32. The maximum atomic E-state index is 13.3. The summed E-state index contributed by atoms with van der Waals surface area (Å²) in [5, 5.41) is 13.7. The first-order valence-corrected chi connectivity index (χ1v) is 10.9. The van der Waals surface area contributed by atoms with Crippen molar-refractivity contribution in [1.82, 2.24) is 20.2 Å². The van der Waals surface area contributed by atoms with Gasteiger partial charge < -0.3 is 20.3 Å². The predicted octanol–water partition coefficient (Wildman–Crippen LogP) is 4.68. The van der Waals surface area contributed by atoms with Gasteiger partial charge in [0.25, 0.3) is 0 Å². The predicted molar refractivity (Wildman–Crippen MR) is 119 cm³/mol. The first kappa shape index (κ1) is 20.7. The van der Waals surface area contributed by atoms with Gasteiger partial charge in [-0.3, -0.25) is 4.79 Å². The minimum Gasteiger partial charge on any atom is -0.465 e. The summed E-state index contributed by atoms with van der Waals surface area (Å²) in [5.74, 6) is 0.702. The number of H-pyrrole nitrogens is 1. The number of imidazole rings is 1. The number of carboxylic acid groups (broad SMARTS) is 1. The molecule has 2 heterocycles. The zero-order valence-corrected chi connectivity index (χ0v) is 18.7. The fraction of sp³-hybridized carbons (Fsp3) is 0.409. The van der Waals surface area contributed by atoms with Gasteiger partial charge in [0.15, 0.2) is 0 Å². The van der Waals surface area contributed by atoms with Crippen LogP contribution in [-0.4, -0.2) is 44.6 Å². The smallest absolute Gasteiger partial charge is 0.405 e. The molecule has 3 N–H and O–H groups in total. The van der Waals surface area contributed by atoms with E-state index in [0.29, 0.717) is 12.5 Å². The molecule has 3 aromatic rings. The summed E-state index contributed by atoms with van der Waals surface area (Å²) in [4.78, 5) is 34.5. The van der Waals surface area contributed by atoms with Crippen molar-refractivity contribution in [1.29, 1.82) is 0 Å². The molecule has 1 saturated heterocycles. The largest absolute Gasteiger partial charge is 0.465 e. The monoisotopic (exact) mass is 472 g/mol. The molecule has 0 spiro atoms. The third-order valence-corrected chi connectivity index (χ3v) is 6.26. The molecule has 1 aliphatic heterocycles. The van der Waals surface area contributed by atoms with Crippen LogP contribution in [0.15, 0.2) is 34.8 Å². The van der Waals surface area contributed by atoms with Crippen molar-refractivity contribution in [2.45, 2.75) is 39.3 Å². The third-order valence-electron chi connectivity index (χ3n) is 5.77. The molecule has 30 heavy (non-hydrogen) atoms. The summed E-state index contributed by atoms with van der Waals surface area (Å²) in [6.45, 7) is 6.38. The number of likely N-dealkylation sites (tertiary alicyclic amines) is 1. The Bertz CT molecular complexity index is 1130. The normalized spacial score (nSPS) is 20.2. The molecule has 0 bridgehead atoms. The molecule has 158 valence electrons. The molecule has 4 rings (SSSR count). The number of aromatic nitrogens is 2. The maximum Gasteiger partial charge on any atom is 0.405 e. The number of nitrogens with zero attached hydrogens (tertiary/aromatic N) is 2. The summed E-state index contributed by atoms with van der Waals surface area (Å²) < 4.78 is 1.01. The standard InChI is InChI=1S/C22H25BrN4O3/c1-11(2)18(26-22(29)30)21(28)27-10-12(3)8-17(27)20-24-16-7-4-13-9-14(23)5-6-15(13)19(16)25-20/h4-7,9,11-12,17-18,26H,8,10H2,1-3H3,(H,24,25)(H,29,30)/t12-,17-,18-/m0/s1. The third kappa shape index (κ3) is 3.76. The quantitative estimate of drug-likeness (QED) is 0.513. The number of nitrogens with one attached hydrogen (secondary N) is 2. The Morgan fingerprint density at radius 2 is 2.07 bits per heavy atom. The van der Waals surface area contributed by atoms with Crippen LogP contribution in [0.5, 0.6) is 0 Å². The highest BCUT2D eigenvalue weighted by Crippen LogP contribution is 2.36. The number of fused-ring (bicyclic) bond motifs is 3. The molecule has 1 aliphatic rings. The van der Waals surface area contributed by atoms with Crippen LogP contribution in [0.4, 0.5) is 4.79 Å². The van der Waals surface area contributed by atoms with Crippen molar-refractivity contribution in [2.75, 3.05) is 6.54 Å². The molecule has 0 saturated carbocycles. The van der Waals surface area contributed by atoms with E-state index in [1.807, 2.05) is 32.0 Å². The number of hydrogen-bond acceptors (Lipinski definition) is 3. The Morgan fingerprint density at radius 1 is 1.30 bits per heavy atom. The molecule has 0 aliphatic carbocycles. The first-order valence-electron chi connectivity index (χ1n) is 10.1. The van der Waals surface area contributed by atoms with Crippen LogP contribution in [0.1, 0.15) is 39.1 Å². The van der Waals surface area contributed by atoms with Gasteiger partial charge in [0, 0.05) is 16.4 Å². The van der Waals surface area contributed by atoms with Gasteiger partial charge in [-0.2, -0.15) is 0 Å². The summed E-state index contributed by atoms with van der Waals surface area (Å²) in [5.41, 5.74) is 1.81. The summed E-state index contributed by atoms with van der Waals surface area (Å²) in [7, 11) is 0. The second kappa shape index (κ2) is 7.91. The van der Waals surface area contributed by atoms with Gasteiger partial charge in [-0.15, -0.1) is 0 Å². The summed E-state index contributed by atoms with van der Waals surface area (Å²) >= 11 is 3.51. The summed E-state index contributed by atoms with van der Waals surface area (Å²) in [6, 6.07) is 9.16. The van der Waals surface area contributed by atoms with Crippen molar-refractivity contribution in [3.63, 3.8) is 0 Å². The second-order valence-electron chi connectivity index (χ2n) is 8.47.